The first-order chi connectivity index (χ1) is 8.10. The quantitative estimate of drug-likeness (QED) is 0.921. The lowest BCUT2D eigenvalue weighted by atomic mass is 10.0. The summed E-state index contributed by atoms with van der Waals surface area (Å²) in [4.78, 5) is 0. The Bertz CT molecular complexity index is 557. The summed E-state index contributed by atoms with van der Waals surface area (Å²) in [5.74, 6) is 0.933. The van der Waals surface area contributed by atoms with Crippen molar-refractivity contribution in [2.75, 3.05) is 0 Å². The summed E-state index contributed by atoms with van der Waals surface area (Å²) in [5.41, 5.74) is 10.5. The molecule has 0 radical (unpaired) electrons. The second-order valence-corrected chi connectivity index (χ2v) is 5.26. The molecule has 2 rings (SSSR count). The number of hydrogen-bond donors (Lipinski definition) is 1. The van der Waals surface area contributed by atoms with E-state index in [9.17, 15) is 0 Å². The first-order valence-electron chi connectivity index (χ1n) is 6.00. The van der Waals surface area contributed by atoms with Crippen LogP contribution in [0.3, 0.4) is 0 Å². The maximum atomic E-state index is 5.87. The standard InChI is InChI=1S/C14H18BrNO/c1-4-5-10-12(7-16)17-11-6-8(2)14(15)9(3)13(10)11/h6H,4-5,7,16H2,1-3H3. The molecule has 0 unspecified atom stereocenters. The van der Waals surface area contributed by atoms with Gasteiger partial charge in [-0.25, -0.2) is 0 Å². The average Bonchev–Trinajstić information content (AvgIpc) is 2.65. The summed E-state index contributed by atoms with van der Waals surface area (Å²) in [7, 11) is 0. The molecule has 0 bridgehead atoms. The van der Waals surface area contributed by atoms with Crippen LogP contribution in [0.5, 0.6) is 0 Å². The van der Waals surface area contributed by atoms with E-state index in [-0.39, 0.29) is 0 Å². The predicted molar refractivity (Wildman–Crippen MR) is 75.3 cm³/mol. The van der Waals surface area contributed by atoms with Crippen molar-refractivity contribution in [2.45, 2.75) is 40.2 Å². The van der Waals surface area contributed by atoms with Crippen LogP contribution in [0.15, 0.2) is 15.0 Å². The third kappa shape index (κ3) is 2.02. The smallest absolute Gasteiger partial charge is 0.135 e. The third-order valence-corrected chi connectivity index (χ3v) is 4.42. The van der Waals surface area contributed by atoms with Crippen molar-refractivity contribution in [2.24, 2.45) is 5.73 Å². The van der Waals surface area contributed by atoms with Crippen LogP contribution in [-0.4, -0.2) is 0 Å². The SMILES string of the molecule is CCCc1c(CN)oc2cc(C)c(Br)c(C)c12. The highest BCUT2D eigenvalue weighted by Gasteiger charge is 2.16. The van der Waals surface area contributed by atoms with Gasteiger partial charge in [0.15, 0.2) is 0 Å². The maximum absolute atomic E-state index is 5.87. The molecule has 0 aliphatic heterocycles. The summed E-state index contributed by atoms with van der Waals surface area (Å²) >= 11 is 3.64. The molecule has 0 saturated heterocycles. The molecule has 0 atom stereocenters. The van der Waals surface area contributed by atoms with Crippen molar-refractivity contribution in [3.63, 3.8) is 0 Å². The Hall–Kier alpha value is -0.800. The van der Waals surface area contributed by atoms with E-state index in [1.54, 1.807) is 0 Å². The summed E-state index contributed by atoms with van der Waals surface area (Å²) < 4.78 is 7.04. The summed E-state index contributed by atoms with van der Waals surface area (Å²) in [6.45, 7) is 6.87. The van der Waals surface area contributed by atoms with Gasteiger partial charge in [0.2, 0.25) is 0 Å². The number of nitrogens with two attached hydrogens (primary N) is 1. The lowest BCUT2D eigenvalue weighted by Gasteiger charge is -2.05. The van der Waals surface area contributed by atoms with Gasteiger partial charge < -0.3 is 10.2 Å². The molecule has 0 amide bonds. The molecule has 17 heavy (non-hydrogen) atoms. The van der Waals surface area contributed by atoms with E-state index in [0.717, 1.165) is 24.2 Å². The molecule has 3 heteroatoms. The largest absolute Gasteiger partial charge is 0.459 e. The minimum atomic E-state index is 0.472. The van der Waals surface area contributed by atoms with E-state index >= 15 is 0 Å². The molecule has 1 aromatic heterocycles. The molecule has 1 heterocycles. The molecule has 2 nitrogen and oxygen atoms in total. The van der Waals surface area contributed by atoms with Crippen LogP contribution >= 0.6 is 15.9 Å². The first-order valence-corrected chi connectivity index (χ1v) is 6.79. The lowest BCUT2D eigenvalue weighted by Crippen LogP contribution is -1.98. The Labute approximate surface area is 110 Å². The van der Waals surface area contributed by atoms with Crippen molar-refractivity contribution in [1.29, 1.82) is 0 Å². The van der Waals surface area contributed by atoms with Gasteiger partial charge >= 0.3 is 0 Å². The molecule has 0 spiro atoms. The van der Waals surface area contributed by atoms with Crippen molar-refractivity contribution in [3.05, 3.63) is 33.0 Å². The van der Waals surface area contributed by atoms with E-state index in [1.807, 2.05) is 0 Å². The molecular formula is C14H18BrNO. The zero-order valence-electron chi connectivity index (χ0n) is 10.6. The van der Waals surface area contributed by atoms with E-state index in [4.69, 9.17) is 10.2 Å². The zero-order valence-corrected chi connectivity index (χ0v) is 12.1. The average molecular weight is 296 g/mol. The van der Waals surface area contributed by atoms with Crippen LogP contribution in [0.25, 0.3) is 11.0 Å². The van der Waals surface area contributed by atoms with Gasteiger partial charge in [0.05, 0.1) is 6.54 Å². The van der Waals surface area contributed by atoms with Gasteiger partial charge in [-0.15, -0.1) is 0 Å². The van der Waals surface area contributed by atoms with Gasteiger partial charge in [-0.05, 0) is 37.5 Å². The monoisotopic (exact) mass is 295 g/mol. The number of rotatable bonds is 3. The molecule has 0 saturated carbocycles. The number of furan rings is 1. The number of halogens is 1. The predicted octanol–water partition coefficient (Wildman–Crippen LogP) is 4.22. The topological polar surface area (TPSA) is 39.2 Å². The fraction of sp³-hybridized carbons (Fsp3) is 0.429. The highest BCUT2D eigenvalue weighted by atomic mass is 79.9. The van der Waals surface area contributed by atoms with Crippen LogP contribution in [-0.2, 0) is 13.0 Å². The third-order valence-electron chi connectivity index (χ3n) is 3.20. The van der Waals surface area contributed by atoms with Crippen molar-refractivity contribution >= 4 is 26.9 Å². The Morgan fingerprint density at radius 2 is 2.06 bits per heavy atom. The molecular weight excluding hydrogens is 278 g/mol. The van der Waals surface area contributed by atoms with Gasteiger partial charge in [0.25, 0.3) is 0 Å². The van der Waals surface area contributed by atoms with Gasteiger partial charge in [0.1, 0.15) is 11.3 Å². The van der Waals surface area contributed by atoms with Crippen LogP contribution in [0, 0.1) is 13.8 Å². The number of hydrogen-bond acceptors (Lipinski definition) is 2. The Balaban J connectivity index is 2.80. The number of benzene rings is 1. The second-order valence-electron chi connectivity index (χ2n) is 4.46. The van der Waals surface area contributed by atoms with Crippen molar-refractivity contribution < 1.29 is 4.42 Å². The van der Waals surface area contributed by atoms with Gasteiger partial charge in [-0.1, -0.05) is 29.3 Å². The summed E-state index contributed by atoms with van der Waals surface area (Å²) in [6.07, 6.45) is 2.13. The Morgan fingerprint density at radius 1 is 1.35 bits per heavy atom. The van der Waals surface area contributed by atoms with Crippen LogP contribution < -0.4 is 5.73 Å². The minimum Gasteiger partial charge on any atom is -0.459 e. The van der Waals surface area contributed by atoms with Gasteiger partial charge in [-0.3, -0.25) is 0 Å². The maximum Gasteiger partial charge on any atom is 0.135 e. The number of aryl methyl sites for hydroxylation is 3. The van der Waals surface area contributed by atoms with Crippen molar-refractivity contribution in [3.8, 4) is 0 Å². The number of fused-ring (bicyclic) bond motifs is 1. The normalized spacial score (nSPS) is 11.4. The zero-order chi connectivity index (χ0) is 12.6. The van der Waals surface area contributed by atoms with E-state index in [1.165, 1.54) is 26.5 Å². The van der Waals surface area contributed by atoms with E-state index < -0.39 is 0 Å². The van der Waals surface area contributed by atoms with Crippen molar-refractivity contribution in [1.82, 2.24) is 0 Å². The molecule has 2 N–H and O–H groups in total. The fourth-order valence-electron chi connectivity index (χ4n) is 2.39. The van der Waals surface area contributed by atoms with Crippen LogP contribution in [0.4, 0.5) is 0 Å². The molecule has 2 aromatic rings. The molecule has 0 aliphatic carbocycles. The molecule has 0 fully saturated rings. The highest BCUT2D eigenvalue weighted by molar-refractivity contribution is 9.10. The van der Waals surface area contributed by atoms with Crippen LogP contribution in [0.2, 0.25) is 0 Å². The molecule has 1 aromatic carbocycles. The first kappa shape index (κ1) is 12.7. The van der Waals surface area contributed by atoms with Gasteiger partial charge in [-0.2, -0.15) is 0 Å². The summed E-state index contributed by atoms with van der Waals surface area (Å²) in [5, 5.41) is 1.24. The lowest BCUT2D eigenvalue weighted by molar-refractivity contribution is 0.544. The molecule has 0 aliphatic rings. The fourth-order valence-corrected chi connectivity index (χ4v) is 2.70. The Kier molecular flexibility index (Phi) is 3.59. The Morgan fingerprint density at radius 3 is 2.65 bits per heavy atom. The second kappa shape index (κ2) is 4.83. The van der Waals surface area contributed by atoms with Crippen LogP contribution in [0.1, 0.15) is 35.8 Å². The molecule has 92 valence electrons. The minimum absolute atomic E-state index is 0.472. The highest BCUT2D eigenvalue weighted by Crippen LogP contribution is 2.35. The summed E-state index contributed by atoms with van der Waals surface area (Å²) in [6, 6.07) is 2.09. The van der Waals surface area contributed by atoms with Gasteiger partial charge in [0, 0.05) is 15.4 Å². The van der Waals surface area contributed by atoms with E-state index in [2.05, 4.69) is 42.8 Å². The van der Waals surface area contributed by atoms with E-state index in [0.29, 0.717) is 6.54 Å².